The Labute approximate surface area is 147 Å². The maximum atomic E-state index is 4.85. The van der Waals surface area contributed by atoms with Gasteiger partial charge >= 0.3 is 0 Å². The summed E-state index contributed by atoms with van der Waals surface area (Å²) in [7, 11) is 0. The Kier molecular flexibility index (Phi) is 4.13. The quantitative estimate of drug-likeness (QED) is 0.745. The van der Waals surface area contributed by atoms with Crippen LogP contribution in [0, 0.1) is 0 Å². The zero-order chi connectivity index (χ0) is 17.1. The molecule has 4 rings (SSSR count). The van der Waals surface area contributed by atoms with E-state index in [4.69, 9.17) is 10.1 Å². The molecule has 1 heterocycles. The molecule has 3 nitrogen and oxygen atoms in total. The van der Waals surface area contributed by atoms with Crippen molar-refractivity contribution >= 4 is 17.2 Å². The van der Waals surface area contributed by atoms with E-state index in [-0.39, 0.29) is 0 Å². The summed E-state index contributed by atoms with van der Waals surface area (Å²) in [5.41, 5.74) is 9.46. The summed E-state index contributed by atoms with van der Waals surface area (Å²) >= 11 is 0. The summed E-state index contributed by atoms with van der Waals surface area (Å²) in [4.78, 5) is 4.85. The van der Waals surface area contributed by atoms with Crippen LogP contribution in [0.5, 0.6) is 0 Å². The molecule has 3 aromatic rings. The summed E-state index contributed by atoms with van der Waals surface area (Å²) in [6, 6.07) is 26.7. The lowest BCUT2D eigenvalue weighted by Gasteiger charge is -2.09. The Morgan fingerprint density at radius 3 is 2.16 bits per heavy atom. The van der Waals surface area contributed by atoms with E-state index >= 15 is 0 Å². The van der Waals surface area contributed by atoms with Crippen LogP contribution in [0.4, 0.5) is 5.69 Å². The van der Waals surface area contributed by atoms with Gasteiger partial charge < -0.3 is 0 Å². The number of amidine groups is 1. The van der Waals surface area contributed by atoms with E-state index in [0.717, 1.165) is 40.3 Å². The number of rotatable bonds is 3. The lowest BCUT2D eigenvalue weighted by Crippen LogP contribution is -2.19. The highest BCUT2D eigenvalue weighted by atomic mass is 15.3. The Morgan fingerprint density at radius 2 is 1.48 bits per heavy atom. The largest absolute Gasteiger partial charge is 0.260 e. The molecule has 25 heavy (non-hydrogen) atoms. The zero-order valence-corrected chi connectivity index (χ0v) is 14.1. The first-order chi connectivity index (χ1) is 12.3. The number of fused-ring (bicyclic) bond motifs is 1. The molecule has 0 saturated heterocycles. The minimum absolute atomic E-state index is 0.761. The summed E-state index contributed by atoms with van der Waals surface area (Å²) < 4.78 is 0. The number of nitrogens with zero attached hydrogens (tertiary/aromatic N) is 2. The molecule has 0 radical (unpaired) electrons. The van der Waals surface area contributed by atoms with E-state index in [1.165, 1.54) is 5.56 Å². The van der Waals surface area contributed by atoms with Crippen LogP contribution in [0.25, 0.3) is 0 Å². The SMILES string of the molecule is CCc1ccc2c(c1)C(c1ccccc1)=NNC(c1ccccc1)=N2. The van der Waals surface area contributed by atoms with Crippen LogP contribution in [0.2, 0.25) is 0 Å². The molecule has 1 N–H and O–H groups in total. The number of benzene rings is 3. The molecule has 122 valence electrons. The molecule has 0 bridgehead atoms. The van der Waals surface area contributed by atoms with Crippen LogP contribution in [0.3, 0.4) is 0 Å². The fourth-order valence-electron chi connectivity index (χ4n) is 2.95. The van der Waals surface area contributed by atoms with Gasteiger partial charge in [-0.3, -0.25) is 5.43 Å². The van der Waals surface area contributed by atoms with Crippen molar-refractivity contribution in [1.29, 1.82) is 0 Å². The van der Waals surface area contributed by atoms with Crippen molar-refractivity contribution in [2.24, 2.45) is 10.1 Å². The first kappa shape index (κ1) is 15.3. The van der Waals surface area contributed by atoms with Crippen LogP contribution in [0.15, 0.2) is 89.0 Å². The molecular formula is C22H19N3. The Hall–Kier alpha value is -3.20. The number of nitrogens with one attached hydrogen (secondary N) is 1. The number of aryl methyl sites for hydroxylation is 1. The van der Waals surface area contributed by atoms with Crippen LogP contribution < -0.4 is 5.43 Å². The highest BCUT2D eigenvalue weighted by molar-refractivity contribution is 6.18. The average Bonchev–Trinajstić information content (AvgIpc) is 2.88. The van der Waals surface area contributed by atoms with Gasteiger partial charge in [-0.25, -0.2) is 4.99 Å². The van der Waals surface area contributed by atoms with E-state index in [0.29, 0.717) is 0 Å². The summed E-state index contributed by atoms with van der Waals surface area (Å²) in [5, 5.41) is 4.70. The van der Waals surface area contributed by atoms with Gasteiger partial charge in [-0.15, -0.1) is 0 Å². The van der Waals surface area contributed by atoms with Crippen molar-refractivity contribution in [3.05, 3.63) is 101 Å². The third-order valence-electron chi connectivity index (χ3n) is 4.32. The Balaban J connectivity index is 1.89. The number of hydrogen-bond donors (Lipinski definition) is 1. The third-order valence-corrected chi connectivity index (χ3v) is 4.32. The molecule has 0 spiro atoms. The highest BCUT2D eigenvalue weighted by Crippen LogP contribution is 2.27. The van der Waals surface area contributed by atoms with Crippen LogP contribution >= 0.6 is 0 Å². The number of aliphatic imine (C=N–C) groups is 1. The predicted octanol–water partition coefficient (Wildman–Crippen LogP) is 4.68. The Morgan fingerprint density at radius 1 is 0.800 bits per heavy atom. The van der Waals surface area contributed by atoms with Crippen LogP contribution in [-0.4, -0.2) is 11.5 Å². The second-order valence-electron chi connectivity index (χ2n) is 5.97. The summed E-state index contributed by atoms with van der Waals surface area (Å²) in [6.07, 6.45) is 0.984. The Bertz CT molecular complexity index is 942. The zero-order valence-electron chi connectivity index (χ0n) is 14.1. The maximum Gasteiger partial charge on any atom is 0.154 e. The van der Waals surface area contributed by atoms with E-state index in [2.05, 4.69) is 42.7 Å². The fourth-order valence-corrected chi connectivity index (χ4v) is 2.95. The van der Waals surface area contributed by atoms with E-state index in [1.807, 2.05) is 48.5 Å². The van der Waals surface area contributed by atoms with Crippen molar-refractivity contribution in [2.45, 2.75) is 13.3 Å². The molecule has 1 aliphatic rings. The molecule has 0 aliphatic carbocycles. The van der Waals surface area contributed by atoms with E-state index < -0.39 is 0 Å². The summed E-state index contributed by atoms with van der Waals surface area (Å²) in [6.45, 7) is 2.16. The van der Waals surface area contributed by atoms with Gasteiger partial charge in [0.1, 0.15) is 0 Å². The van der Waals surface area contributed by atoms with Crippen molar-refractivity contribution in [2.75, 3.05) is 0 Å². The average molecular weight is 325 g/mol. The molecule has 3 aromatic carbocycles. The van der Waals surface area contributed by atoms with Crippen LogP contribution in [-0.2, 0) is 6.42 Å². The third kappa shape index (κ3) is 3.09. The first-order valence-corrected chi connectivity index (χ1v) is 8.51. The lowest BCUT2D eigenvalue weighted by molar-refractivity contribution is 1.03. The minimum Gasteiger partial charge on any atom is -0.260 e. The summed E-state index contributed by atoms with van der Waals surface area (Å²) in [5.74, 6) is 0.761. The van der Waals surface area contributed by atoms with E-state index in [9.17, 15) is 0 Å². The van der Waals surface area contributed by atoms with Gasteiger partial charge in [0.2, 0.25) is 0 Å². The van der Waals surface area contributed by atoms with Gasteiger partial charge in [0.25, 0.3) is 0 Å². The second kappa shape index (κ2) is 6.73. The van der Waals surface area contributed by atoms with Crippen molar-refractivity contribution in [1.82, 2.24) is 5.43 Å². The topological polar surface area (TPSA) is 36.8 Å². The molecule has 0 atom stereocenters. The normalized spacial score (nSPS) is 13.2. The smallest absolute Gasteiger partial charge is 0.154 e. The molecule has 0 unspecified atom stereocenters. The van der Waals surface area contributed by atoms with Crippen molar-refractivity contribution < 1.29 is 0 Å². The van der Waals surface area contributed by atoms with E-state index in [1.54, 1.807) is 0 Å². The standard InChI is InChI=1S/C22H19N3/c1-2-16-13-14-20-19(15-16)21(17-9-5-3-6-10-17)24-25-22(23-20)18-11-7-4-8-12-18/h3-15H,2H2,1H3,(H,23,25). The second-order valence-corrected chi connectivity index (χ2v) is 5.97. The molecule has 0 amide bonds. The van der Waals surface area contributed by atoms with Gasteiger partial charge in [-0.2, -0.15) is 5.10 Å². The van der Waals surface area contributed by atoms with Crippen molar-refractivity contribution in [3.63, 3.8) is 0 Å². The molecule has 0 aromatic heterocycles. The van der Waals surface area contributed by atoms with Crippen LogP contribution in [0.1, 0.15) is 29.2 Å². The fraction of sp³-hybridized carbons (Fsp3) is 0.0909. The minimum atomic E-state index is 0.761. The molecule has 0 fully saturated rings. The van der Waals surface area contributed by atoms with Gasteiger partial charge in [0.15, 0.2) is 5.84 Å². The highest BCUT2D eigenvalue weighted by Gasteiger charge is 2.17. The van der Waals surface area contributed by atoms with Gasteiger partial charge in [-0.1, -0.05) is 73.7 Å². The first-order valence-electron chi connectivity index (χ1n) is 8.51. The number of hydrazone groups is 1. The van der Waals surface area contributed by atoms with Gasteiger partial charge in [-0.05, 0) is 24.1 Å². The van der Waals surface area contributed by atoms with Gasteiger partial charge in [0.05, 0.1) is 11.4 Å². The molecule has 3 heteroatoms. The maximum absolute atomic E-state index is 4.85. The monoisotopic (exact) mass is 325 g/mol. The molecule has 1 aliphatic heterocycles. The lowest BCUT2D eigenvalue weighted by atomic mass is 9.98. The molecular weight excluding hydrogens is 306 g/mol. The van der Waals surface area contributed by atoms with Crippen molar-refractivity contribution in [3.8, 4) is 0 Å². The molecule has 0 saturated carbocycles. The van der Waals surface area contributed by atoms with Gasteiger partial charge in [0, 0.05) is 16.7 Å². The predicted molar refractivity (Wildman–Crippen MR) is 104 cm³/mol. The number of hydrogen-bond acceptors (Lipinski definition) is 3.